The van der Waals surface area contributed by atoms with Crippen LogP contribution in [0.25, 0.3) is 0 Å². The fourth-order valence-electron chi connectivity index (χ4n) is 2.44. The lowest BCUT2D eigenvalue weighted by molar-refractivity contribution is -0.142. The van der Waals surface area contributed by atoms with Crippen LogP contribution >= 0.6 is 11.3 Å². The van der Waals surface area contributed by atoms with E-state index >= 15 is 0 Å². The number of aliphatic hydroxyl groups is 1. The molecule has 20 heavy (non-hydrogen) atoms. The van der Waals surface area contributed by atoms with E-state index in [-0.39, 0.29) is 18.4 Å². The molecule has 7 heteroatoms. The van der Waals surface area contributed by atoms with E-state index < -0.39 is 12.1 Å². The zero-order chi connectivity index (χ0) is 14.9. The largest absolute Gasteiger partial charge is 0.391 e. The summed E-state index contributed by atoms with van der Waals surface area (Å²) in [4.78, 5) is 32.1. The molecule has 0 radical (unpaired) electrons. The van der Waals surface area contributed by atoms with E-state index in [1.807, 2.05) is 6.92 Å². The van der Waals surface area contributed by atoms with Gasteiger partial charge in [0, 0.05) is 38.0 Å². The number of aryl methyl sites for hydroxylation is 1. The first-order chi connectivity index (χ1) is 9.38. The molecule has 1 N–H and O–H groups in total. The molecule has 0 unspecified atom stereocenters. The Labute approximate surface area is 122 Å². The topological polar surface area (TPSA) is 73.7 Å². The molecule has 1 aromatic rings. The number of hydrogen-bond acceptors (Lipinski definition) is 5. The van der Waals surface area contributed by atoms with E-state index in [0.717, 1.165) is 9.88 Å². The van der Waals surface area contributed by atoms with Crippen LogP contribution in [0.1, 0.15) is 23.2 Å². The van der Waals surface area contributed by atoms with Crippen molar-refractivity contribution in [3.8, 4) is 0 Å². The Morgan fingerprint density at radius 1 is 1.60 bits per heavy atom. The predicted molar refractivity (Wildman–Crippen MR) is 75.1 cm³/mol. The number of β-amino-alcohol motifs (C(OH)–C–C–N with tert-alkyl or cyclic N) is 1. The Morgan fingerprint density at radius 2 is 2.30 bits per heavy atom. The molecule has 6 nitrogen and oxygen atoms in total. The Kier molecular flexibility index (Phi) is 4.39. The van der Waals surface area contributed by atoms with Gasteiger partial charge in [0.2, 0.25) is 11.8 Å². The first kappa shape index (κ1) is 14.9. The summed E-state index contributed by atoms with van der Waals surface area (Å²) in [7, 11) is 1.71. The molecule has 0 aromatic carbocycles. The molecule has 2 atom stereocenters. The zero-order valence-corrected chi connectivity index (χ0v) is 12.7. The van der Waals surface area contributed by atoms with Crippen LogP contribution in [0.15, 0.2) is 6.20 Å². The first-order valence-electron chi connectivity index (χ1n) is 6.50. The van der Waals surface area contributed by atoms with E-state index in [9.17, 15) is 14.7 Å². The molecule has 2 heterocycles. The van der Waals surface area contributed by atoms with Crippen molar-refractivity contribution >= 4 is 23.2 Å². The quantitative estimate of drug-likeness (QED) is 0.876. The molecule has 1 aromatic heterocycles. The lowest BCUT2D eigenvalue weighted by Crippen LogP contribution is -2.45. The number of aliphatic hydroxyl groups excluding tert-OH is 1. The van der Waals surface area contributed by atoms with E-state index in [0.29, 0.717) is 13.0 Å². The minimum Gasteiger partial charge on any atom is -0.391 e. The summed E-state index contributed by atoms with van der Waals surface area (Å²) in [6.45, 7) is 4.05. The second-order valence-corrected chi connectivity index (χ2v) is 6.44. The molecule has 0 spiro atoms. The zero-order valence-electron chi connectivity index (χ0n) is 11.9. The standard InChI is InChI=1S/C13H19N3O3S/c1-8-14-5-11(20-8)7-15(3)13(19)12-4-10(18)6-16(12)9(2)17/h5,10,12,18H,4,6-7H2,1-3H3/t10-,12+/m0/s1. The first-order valence-corrected chi connectivity index (χ1v) is 7.31. The highest BCUT2D eigenvalue weighted by atomic mass is 32.1. The maximum Gasteiger partial charge on any atom is 0.245 e. The van der Waals surface area contributed by atoms with Crippen LogP contribution < -0.4 is 0 Å². The number of aromatic nitrogens is 1. The third-order valence-electron chi connectivity index (χ3n) is 3.41. The number of carbonyl (C=O) groups is 2. The molecule has 110 valence electrons. The lowest BCUT2D eigenvalue weighted by atomic mass is 10.1. The van der Waals surface area contributed by atoms with Crippen LogP contribution in [0.2, 0.25) is 0 Å². The van der Waals surface area contributed by atoms with Gasteiger partial charge in [0.1, 0.15) is 6.04 Å². The lowest BCUT2D eigenvalue weighted by Gasteiger charge is -2.26. The molecular weight excluding hydrogens is 278 g/mol. The van der Waals surface area contributed by atoms with Crippen LogP contribution in [-0.4, -0.2) is 57.4 Å². The molecule has 1 aliphatic heterocycles. The van der Waals surface area contributed by atoms with Crippen LogP contribution in [0.3, 0.4) is 0 Å². The molecule has 2 amide bonds. The summed E-state index contributed by atoms with van der Waals surface area (Å²) in [5, 5.41) is 10.6. The van der Waals surface area contributed by atoms with Crippen molar-refractivity contribution < 1.29 is 14.7 Å². The molecule has 1 saturated heterocycles. The van der Waals surface area contributed by atoms with Gasteiger partial charge in [-0.05, 0) is 6.92 Å². The van der Waals surface area contributed by atoms with Gasteiger partial charge in [-0.25, -0.2) is 4.98 Å². The van der Waals surface area contributed by atoms with Crippen molar-refractivity contribution in [3.05, 3.63) is 16.1 Å². The molecule has 1 fully saturated rings. The van der Waals surface area contributed by atoms with Gasteiger partial charge in [-0.3, -0.25) is 9.59 Å². The molecule has 0 saturated carbocycles. The monoisotopic (exact) mass is 297 g/mol. The maximum atomic E-state index is 12.4. The number of hydrogen-bond donors (Lipinski definition) is 1. The maximum absolute atomic E-state index is 12.4. The average molecular weight is 297 g/mol. The summed E-state index contributed by atoms with van der Waals surface area (Å²) < 4.78 is 0. The van der Waals surface area contributed by atoms with Crippen molar-refractivity contribution in [2.45, 2.75) is 39.0 Å². The Balaban J connectivity index is 2.04. The fourth-order valence-corrected chi connectivity index (χ4v) is 3.29. The van der Waals surface area contributed by atoms with E-state index in [1.54, 1.807) is 29.5 Å². The van der Waals surface area contributed by atoms with Crippen molar-refractivity contribution in [2.24, 2.45) is 0 Å². The third-order valence-corrected chi connectivity index (χ3v) is 4.30. The smallest absolute Gasteiger partial charge is 0.245 e. The highest BCUT2D eigenvalue weighted by Gasteiger charge is 2.38. The fraction of sp³-hybridized carbons (Fsp3) is 0.615. The minimum atomic E-state index is -0.619. The van der Waals surface area contributed by atoms with Gasteiger partial charge in [0.05, 0.1) is 17.7 Å². The molecular formula is C13H19N3O3S. The number of carbonyl (C=O) groups excluding carboxylic acids is 2. The number of likely N-dealkylation sites (N-methyl/N-ethyl adjacent to an activating group) is 1. The summed E-state index contributed by atoms with van der Waals surface area (Å²) in [6.07, 6.45) is 1.45. The summed E-state index contributed by atoms with van der Waals surface area (Å²) >= 11 is 1.55. The van der Waals surface area contributed by atoms with Gasteiger partial charge in [-0.1, -0.05) is 0 Å². The van der Waals surface area contributed by atoms with Crippen molar-refractivity contribution in [2.75, 3.05) is 13.6 Å². The highest BCUT2D eigenvalue weighted by Crippen LogP contribution is 2.21. The molecule has 0 bridgehead atoms. The van der Waals surface area contributed by atoms with Gasteiger partial charge in [-0.15, -0.1) is 11.3 Å². The Morgan fingerprint density at radius 3 is 2.85 bits per heavy atom. The normalized spacial score (nSPS) is 22.1. The predicted octanol–water partition coefficient (Wildman–Crippen LogP) is 0.392. The van der Waals surface area contributed by atoms with Crippen molar-refractivity contribution in [3.63, 3.8) is 0 Å². The summed E-state index contributed by atoms with van der Waals surface area (Å²) in [6, 6.07) is -0.554. The molecule has 0 aliphatic carbocycles. The van der Waals surface area contributed by atoms with Gasteiger partial charge in [-0.2, -0.15) is 0 Å². The molecule has 2 rings (SSSR count). The summed E-state index contributed by atoms with van der Waals surface area (Å²) in [5.74, 6) is -0.315. The number of likely N-dealkylation sites (tertiary alicyclic amines) is 1. The number of thiazole rings is 1. The van der Waals surface area contributed by atoms with E-state index in [2.05, 4.69) is 4.98 Å². The van der Waals surface area contributed by atoms with Crippen LogP contribution in [0.4, 0.5) is 0 Å². The van der Waals surface area contributed by atoms with Gasteiger partial charge < -0.3 is 14.9 Å². The van der Waals surface area contributed by atoms with Crippen LogP contribution in [0.5, 0.6) is 0 Å². The highest BCUT2D eigenvalue weighted by molar-refractivity contribution is 7.11. The Hall–Kier alpha value is -1.47. The average Bonchev–Trinajstić information content (AvgIpc) is 2.94. The van der Waals surface area contributed by atoms with Crippen molar-refractivity contribution in [1.82, 2.24) is 14.8 Å². The van der Waals surface area contributed by atoms with Crippen molar-refractivity contribution in [1.29, 1.82) is 0 Å². The second-order valence-electron chi connectivity index (χ2n) is 5.12. The SMILES string of the molecule is CC(=O)N1C[C@@H](O)C[C@@H]1C(=O)N(C)Cc1cnc(C)s1. The second kappa shape index (κ2) is 5.88. The van der Waals surface area contributed by atoms with Gasteiger partial charge >= 0.3 is 0 Å². The number of amides is 2. The third kappa shape index (κ3) is 3.16. The number of rotatable bonds is 3. The molecule has 1 aliphatic rings. The summed E-state index contributed by atoms with van der Waals surface area (Å²) in [5.41, 5.74) is 0. The van der Waals surface area contributed by atoms with E-state index in [1.165, 1.54) is 11.8 Å². The van der Waals surface area contributed by atoms with Crippen LogP contribution in [0, 0.1) is 6.92 Å². The Bertz CT molecular complexity index is 517. The minimum absolute atomic E-state index is 0.136. The number of nitrogens with zero attached hydrogens (tertiary/aromatic N) is 3. The van der Waals surface area contributed by atoms with E-state index in [4.69, 9.17) is 0 Å². The van der Waals surface area contributed by atoms with Gasteiger partial charge in [0.15, 0.2) is 0 Å². The van der Waals surface area contributed by atoms with Gasteiger partial charge in [0.25, 0.3) is 0 Å². The van der Waals surface area contributed by atoms with Crippen LogP contribution in [-0.2, 0) is 16.1 Å².